The predicted octanol–water partition coefficient (Wildman–Crippen LogP) is -0.576. The van der Waals surface area contributed by atoms with Gasteiger partial charge in [0, 0.05) is 13.8 Å². The van der Waals surface area contributed by atoms with Crippen molar-refractivity contribution in [2.45, 2.75) is 33.3 Å². The van der Waals surface area contributed by atoms with Crippen molar-refractivity contribution in [1.82, 2.24) is 0 Å². The summed E-state index contributed by atoms with van der Waals surface area (Å²) >= 11 is 0. The third-order valence-electron chi connectivity index (χ3n) is 0.672. The Kier molecular flexibility index (Phi) is 15.7. The van der Waals surface area contributed by atoms with Gasteiger partial charge in [0.2, 0.25) is 5.91 Å². The zero-order valence-corrected chi connectivity index (χ0v) is 8.93. The SMILES string of the molecule is CC(=O)O.CC(N)=O.CCC(O)C(=O)O. The lowest BCUT2D eigenvalue weighted by atomic mass is 10.3. The summed E-state index contributed by atoms with van der Waals surface area (Å²) < 4.78 is 0. The third kappa shape index (κ3) is 69.7. The second kappa shape index (κ2) is 12.4. The van der Waals surface area contributed by atoms with E-state index in [0.29, 0.717) is 0 Å². The third-order valence-corrected chi connectivity index (χ3v) is 0.672. The van der Waals surface area contributed by atoms with E-state index >= 15 is 0 Å². The lowest BCUT2D eigenvalue weighted by molar-refractivity contribution is -0.146. The van der Waals surface area contributed by atoms with E-state index in [1.807, 2.05) is 0 Å². The average molecular weight is 223 g/mol. The molecule has 0 aromatic carbocycles. The maximum absolute atomic E-state index is 9.68. The Balaban J connectivity index is -0.000000155. The van der Waals surface area contributed by atoms with Crippen LogP contribution in [0.2, 0.25) is 0 Å². The van der Waals surface area contributed by atoms with Crippen LogP contribution in [0.15, 0.2) is 0 Å². The highest BCUT2D eigenvalue weighted by molar-refractivity contribution is 5.71. The molecule has 0 aliphatic heterocycles. The molecule has 7 nitrogen and oxygen atoms in total. The van der Waals surface area contributed by atoms with Gasteiger partial charge in [0.25, 0.3) is 5.97 Å². The number of carboxylic acids is 2. The van der Waals surface area contributed by atoms with Gasteiger partial charge < -0.3 is 21.1 Å². The zero-order chi connectivity index (χ0) is 13.0. The van der Waals surface area contributed by atoms with Gasteiger partial charge in [0.05, 0.1) is 0 Å². The van der Waals surface area contributed by atoms with Crippen LogP contribution in [0.4, 0.5) is 0 Å². The highest BCUT2D eigenvalue weighted by Gasteiger charge is 2.07. The van der Waals surface area contributed by atoms with Gasteiger partial charge in [-0.25, -0.2) is 4.79 Å². The number of hydrogen-bond acceptors (Lipinski definition) is 4. The predicted molar refractivity (Wildman–Crippen MR) is 52.1 cm³/mol. The topological polar surface area (TPSA) is 138 Å². The molecule has 1 atom stereocenters. The van der Waals surface area contributed by atoms with Crippen molar-refractivity contribution in [3.8, 4) is 0 Å². The van der Waals surface area contributed by atoms with E-state index < -0.39 is 18.0 Å². The first kappa shape index (κ1) is 19.0. The summed E-state index contributed by atoms with van der Waals surface area (Å²) in [7, 11) is 0. The van der Waals surface area contributed by atoms with Crippen LogP contribution in [0, 0.1) is 0 Å². The first-order valence-electron chi connectivity index (χ1n) is 4.01. The van der Waals surface area contributed by atoms with Gasteiger partial charge in [-0.2, -0.15) is 0 Å². The van der Waals surface area contributed by atoms with E-state index in [2.05, 4.69) is 5.73 Å². The van der Waals surface area contributed by atoms with Crippen molar-refractivity contribution in [2.24, 2.45) is 5.73 Å². The summed E-state index contributed by atoms with van der Waals surface area (Å²) in [4.78, 5) is 27.9. The standard InChI is InChI=1S/C4H8O3.C2H5NO.C2H4O2/c1-2-3(5)4(6)7;2*1-2(3)4/h3,5H,2H2,1H3,(H,6,7);1H3,(H2,3,4);1H3,(H,3,4). The first-order chi connectivity index (χ1) is 6.64. The molecule has 1 unspecified atom stereocenters. The molecule has 5 N–H and O–H groups in total. The van der Waals surface area contributed by atoms with E-state index in [4.69, 9.17) is 20.1 Å². The second-order valence-electron chi connectivity index (χ2n) is 2.39. The maximum atomic E-state index is 9.68. The van der Waals surface area contributed by atoms with Crippen LogP contribution in [0.25, 0.3) is 0 Å². The number of aliphatic carboxylic acids is 2. The number of carbonyl (C=O) groups excluding carboxylic acids is 1. The minimum Gasteiger partial charge on any atom is -0.481 e. The second-order valence-corrected chi connectivity index (χ2v) is 2.39. The van der Waals surface area contributed by atoms with Crippen molar-refractivity contribution in [3.63, 3.8) is 0 Å². The molecule has 0 aromatic rings. The molecular weight excluding hydrogens is 206 g/mol. The number of nitrogens with two attached hydrogens (primary N) is 1. The van der Waals surface area contributed by atoms with Gasteiger partial charge >= 0.3 is 5.97 Å². The molecule has 0 heterocycles. The largest absolute Gasteiger partial charge is 0.481 e. The lowest BCUT2D eigenvalue weighted by Gasteiger charge is -1.95. The molecule has 0 aliphatic rings. The minimum atomic E-state index is -1.18. The summed E-state index contributed by atoms with van der Waals surface area (Å²) in [6, 6.07) is 0. The van der Waals surface area contributed by atoms with Gasteiger partial charge in [0.15, 0.2) is 6.10 Å². The highest BCUT2D eigenvalue weighted by Crippen LogP contribution is 1.86. The number of primary amides is 1. The lowest BCUT2D eigenvalue weighted by Crippen LogP contribution is -2.17. The fourth-order valence-electron chi connectivity index (χ4n) is 0.175. The Hall–Kier alpha value is -1.63. The summed E-state index contributed by atoms with van der Waals surface area (Å²) in [5, 5.41) is 23.7. The van der Waals surface area contributed by atoms with Gasteiger partial charge in [-0.05, 0) is 6.42 Å². The van der Waals surface area contributed by atoms with Crippen molar-refractivity contribution in [3.05, 3.63) is 0 Å². The summed E-state index contributed by atoms with van der Waals surface area (Å²) in [5.41, 5.74) is 4.47. The van der Waals surface area contributed by atoms with E-state index in [1.54, 1.807) is 6.92 Å². The van der Waals surface area contributed by atoms with Crippen molar-refractivity contribution in [1.29, 1.82) is 0 Å². The number of carbonyl (C=O) groups is 3. The van der Waals surface area contributed by atoms with Crippen LogP contribution >= 0.6 is 0 Å². The van der Waals surface area contributed by atoms with Crippen LogP contribution < -0.4 is 5.73 Å². The van der Waals surface area contributed by atoms with E-state index in [1.165, 1.54) is 6.92 Å². The van der Waals surface area contributed by atoms with Gasteiger partial charge in [-0.15, -0.1) is 0 Å². The van der Waals surface area contributed by atoms with Crippen molar-refractivity contribution < 1.29 is 29.7 Å². The van der Waals surface area contributed by atoms with Crippen LogP contribution in [0.5, 0.6) is 0 Å². The van der Waals surface area contributed by atoms with Crippen LogP contribution in [0.1, 0.15) is 27.2 Å². The molecule has 0 saturated carbocycles. The Morgan fingerprint density at radius 3 is 1.40 bits per heavy atom. The fraction of sp³-hybridized carbons (Fsp3) is 0.625. The normalized spacial score (nSPS) is 9.60. The fourth-order valence-corrected chi connectivity index (χ4v) is 0.175. The molecule has 7 heteroatoms. The van der Waals surface area contributed by atoms with E-state index in [9.17, 15) is 9.59 Å². The molecule has 0 fully saturated rings. The molecule has 0 bridgehead atoms. The van der Waals surface area contributed by atoms with E-state index in [0.717, 1.165) is 6.92 Å². The summed E-state index contributed by atoms with van der Waals surface area (Å²) in [5.74, 6) is -2.32. The molecule has 0 spiro atoms. The van der Waals surface area contributed by atoms with Crippen LogP contribution in [-0.4, -0.2) is 39.3 Å². The summed E-state index contributed by atoms with van der Waals surface area (Å²) in [6.07, 6.45) is -0.907. The number of aliphatic hydroxyl groups excluding tert-OH is 1. The molecule has 0 saturated heterocycles. The summed E-state index contributed by atoms with van der Waals surface area (Å²) in [6.45, 7) is 4.00. The molecular formula is C8H17NO6. The molecule has 0 rings (SSSR count). The zero-order valence-electron chi connectivity index (χ0n) is 8.93. The monoisotopic (exact) mass is 223 g/mol. The smallest absolute Gasteiger partial charge is 0.332 e. The van der Waals surface area contributed by atoms with Crippen LogP contribution in [-0.2, 0) is 14.4 Å². The Labute approximate surface area is 87.5 Å². The first-order valence-corrected chi connectivity index (χ1v) is 4.01. The molecule has 90 valence electrons. The number of hydrogen-bond donors (Lipinski definition) is 4. The average Bonchev–Trinajstić information content (AvgIpc) is 2.00. The van der Waals surface area contributed by atoms with Crippen LogP contribution in [0.3, 0.4) is 0 Å². The quantitative estimate of drug-likeness (QED) is 0.494. The number of aliphatic hydroxyl groups is 1. The number of carboxylic acid groups (broad SMARTS) is 2. The molecule has 0 radical (unpaired) electrons. The van der Waals surface area contributed by atoms with Crippen molar-refractivity contribution >= 4 is 17.8 Å². The number of rotatable bonds is 2. The van der Waals surface area contributed by atoms with Gasteiger partial charge in [0.1, 0.15) is 0 Å². The van der Waals surface area contributed by atoms with Gasteiger partial charge in [-0.1, -0.05) is 6.92 Å². The van der Waals surface area contributed by atoms with Crippen molar-refractivity contribution in [2.75, 3.05) is 0 Å². The van der Waals surface area contributed by atoms with E-state index in [-0.39, 0.29) is 12.3 Å². The molecule has 0 aromatic heterocycles. The molecule has 0 aliphatic carbocycles. The molecule has 15 heavy (non-hydrogen) atoms. The Bertz CT molecular complexity index is 183. The Morgan fingerprint density at radius 2 is 1.40 bits per heavy atom. The number of amides is 1. The highest BCUT2D eigenvalue weighted by atomic mass is 16.4. The molecule has 1 amide bonds. The van der Waals surface area contributed by atoms with Gasteiger partial charge in [-0.3, -0.25) is 9.59 Å². The minimum absolute atomic E-state index is 0.273. The maximum Gasteiger partial charge on any atom is 0.332 e. The Morgan fingerprint density at radius 1 is 1.20 bits per heavy atom.